The molecule has 0 saturated carbocycles. The first-order valence-corrected chi connectivity index (χ1v) is 9.07. The highest BCUT2D eigenvalue weighted by atomic mass is 16.2. The number of anilines is 1. The maximum atomic E-state index is 12.1. The number of hydrogen-bond acceptors (Lipinski definition) is 4. The van der Waals surface area contributed by atoms with Gasteiger partial charge in [-0.1, -0.05) is 19.1 Å². The molecule has 0 spiro atoms. The molecule has 0 atom stereocenters. The van der Waals surface area contributed by atoms with Gasteiger partial charge in [0.15, 0.2) is 0 Å². The molecule has 2 amide bonds. The lowest BCUT2D eigenvalue weighted by atomic mass is 10.1. The lowest BCUT2D eigenvalue weighted by Gasteiger charge is -2.34. The summed E-state index contributed by atoms with van der Waals surface area (Å²) in [5.41, 5.74) is 2.97. The van der Waals surface area contributed by atoms with Crippen molar-refractivity contribution in [1.82, 2.24) is 15.1 Å². The molecule has 6 nitrogen and oxygen atoms in total. The summed E-state index contributed by atoms with van der Waals surface area (Å²) in [6, 6.07) is 5.79. The third kappa shape index (κ3) is 6.14. The quantitative estimate of drug-likeness (QED) is 0.783. The Balaban J connectivity index is 1.69. The van der Waals surface area contributed by atoms with Crippen LogP contribution in [-0.2, 0) is 9.59 Å². The molecule has 0 unspecified atom stereocenters. The largest absolute Gasteiger partial charge is 0.346 e. The monoisotopic (exact) mass is 346 g/mol. The molecule has 2 rings (SSSR count). The van der Waals surface area contributed by atoms with E-state index in [-0.39, 0.29) is 18.4 Å². The molecule has 2 N–H and O–H groups in total. The van der Waals surface area contributed by atoms with Crippen LogP contribution in [0, 0.1) is 13.8 Å². The van der Waals surface area contributed by atoms with E-state index >= 15 is 0 Å². The fourth-order valence-electron chi connectivity index (χ4n) is 3.01. The van der Waals surface area contributed by atoms with Crippen LogP contribution in [0.1, 0.15) is 24.5 Å². The van der Waals surface area contributed by atoms with Gasteiger partial charge < -0.3 is 15.5 Å². The minimum Gasteiger partial charge on any atom is -0.346 e. The van der Waals surface area contributed by atoms with Crippen molar-refractivity contribution < 1.29 is 9.59 Å². The molecule has 1 saturated heterocycles. The highest BCUT2D eigenvalue weighted by Gasteiger charge is 2.18. The Morgan fingerprint density at radius 2 is 1.72 bits per heavy atom. The summed E-state index contributed by atoms with van der Waals surface area (Å²) in [5.74, 6) is -0.296. The first-order valence-electron chi connectivity index (χ1n) is 9.07. The van der Waals surface area contributed by atoms with Gasteiger partial charge in [0.2, 0.25) is 11.8 Å². The average molecular weight is 346 g/mol. The molecule has 1 aliphatic rings. The first-order chi connectivity index (χ1) is 12.0. The third-order valence-electron chi connectivity index (χ3n) is 4.70. The van der Waals surface area contributed by atoms with E-state index in [0.717, 1.165) is 56.0 Å². The number of amides is 2. The Bertz CT molecular complexity index is 595. The van der Waals surface area contributed by atoms with Gasteiger partial charge in [-0.05, 0) is 44.0 Å². The predicted molar refractivity (Wildman–Crippen MR) is 101 cm³/mol. The second-order valence-corrected chi connectivity index (χ2v) is 6.69. The van der Waals surface area contributed by atoms with Crippen molar-refractivity contribution in [3.05, 3.63) is 29.3 Å². The van der Waals surface area contributed by atoms with Crippen molar-refractivity contribution in [1.29, 1.82) is 0 Å². The molecule has 0 radical (unpaired) electrons. The number of rotatable bonds is 7. The summed E-state index contributed by atoms with van der Waals surface area (Å²) in [5, 5.41) is 5.57. The number of piperazine rings is 1. The molecule has 138 valence electrons. The van der Waals surface area contributed by atoms with Crippen LogP contribution in [0.2, 0.25) is 0 Å². The topological polar surface area (TPSA) is 64.7 Å². The molecule has 1 heterocycles. The van der Waals surface area contributed by atoms with Gasteiger partial charge in [0, 0.05) is 31.9 Å². The Hall–Kier alpha value is -1.92. The number of benzene rings is 1. The van der Waals surface area contributed by atoms with Crippen LogP contribution in [-0.4, -0.2) is 67.4 Å². The Labute approximate surface area is 150 Å². The van der Waals surface area contributed by atoms with Crippen LogP contribution in [0.25, 0.3) is 0 Å². The van der Waals surface area contributed by atoms with Gasteiger partial charge in [-0.2, -0.15) is 0 Å². The number of nitrogens with zero attached hydrogens (tertiary/aromatic N) is 2. The highest BCUT2D eigenvalue weighted by Crippen LogP contribution is 2.17. The van der Waals surface area contributed by atoms with Crippen molar-refractivity contribution in [2.45, 2.75) is 27.2 Å². The zero-order valence-corrected chi connectivity index (χ0v) is 15.6. The zero-order chi connectivity index (χ0) is 18.2. The second kappa shape index (κ2) is 9.53. The van der Waals surface area contributed by atoms with E-state index < -0.39 is 0 Å². The van der Waals surface area contributed by atoms with Gasteiger partial charge in [0.05, 0.1) is 13.1 Å². The van der Waals surface area contributed by atoms with E-state index in [1.54, 1.807) is 0 Å². The predicted octanol–water partition coefficient (Wildman–Crippen LogP) is 1.39. The summed E-state index contributed by atoms with van der Waals surface area (Å²) >= 11 is 0. The molecule has 6 heteroatoms. The molecule has 25 heavy (non-hydrogen) atoms. The first kappa shape index (κ1) is 19.4. The Morgan fingerprint density at radius 1 is 1.04 bits per heavy atom. The Morgan fingerprint density at radius 3 is 2.40 bits per heavy atom. The second-order valence-electron chi connectivity index (χ2n) is 6.69. The zero-order valence-electron chi connectivity index (χ0n) is 15.6. The van der Waals surface area contributed by atoms with Crippen molar-refractivity contribution in [2.75, 3.05) is 51.1 Å². The van der Waals surface area contributed by atoms with Crippen LogP contribution in [0.15, 0.2) is 18.2 Å². The number of nitrogens with one attached hydrogen (secondary N) is 2. The summed E-state index contributed by atoms with van der Waals surface area (Å²) in [6.45, 7) is 11.5. The van der Waals surface area contributed by atoms with Crippen LogP contribution in [0.4, 0.5) is 5.69 Å². The van der Waals surface area contributed by atoms with Crippen LogP contribution >= 0.6 is 0 Å². The lowest BCUT2D eigenvalue weighted by molar-refractivity contribution is -0.125. The van der Waals surface area contributed by atoms with Gasteiger partial charge in [-0.25, -0.2) is 0 Å². The lowest BCUT2D eigenvalue weighted by Crippen LogP contribution is -2.50. The summed E-state index contributed by atoms with van der Waals surface area (Å²) in [6.07, 6.45) is 1.16. The van der Waals surface area contributed by atoms with Crippen molar-refractivity contribution in [3.8, 4) is 0 Å². The summed E-state index contributed by atoms with van der Waals surface area (Å²) in [7, 11) is 0. The fourth-order valence-corrected chi connectivity index (χ4v) is 3.01. The summed E-state index contributed by atoms with van der Waals surface area (Å²) < 4.78 is 0. The highest BCUT2D eigenvalue weighted by molar-refractivity contribution is 5.95. The molecule has 1 aliphatic heterocycles. The van der Waals surface area contributed by atoms with Gasteiger partial charge in [0.1, 0.15) is 0 Å². The number of carbonyl (C=O) groups excluding carboxylic acids is 2. The van der Waals surface area contributed by atoms with Crippen LogP contribution in [0.3, 0.4) is 0 Å². The molecule has 1 aromatic rings. The maximum absolute atomic E-state index is 12.1. The van der Waals surface area contributed by atoms with Gasteiger partial charge in [-0.15, -0.1) is 0 Å². The molecular formula is C19H30N4O2. The number of hydrogen-bond donors (Lipinski definition) is 2. The maximum Gasteiger partial charge on any atom is 0.243 e. The molecule has 0 aliphatic carbocycles. The minimum atomic E-state index is -0.199. The van der Waals surface area contributed by atoms with E-state index in [9.17, 15) is 9.59 Å². The number of aryl methyl sites for hydroxylation is 1. The number of carbonyl (C=O) groups is 2. The molecule has 1 fully saturated rings. The summed E-state index contributed by atoms with van der Waals surface area (Å²) in [4.78, 5) is 28.7. The SMILES string of the molecule is CCCN1CCN(CC(=O)NCC(=O)Nc2cccc(C)c2C)CC1. The third-order valence-corrected chi connectivity index (χ3v) is 4.70. The van der Waals surface area contributed by atoms with Crippen molar-refractivity contribution in [2.24, 2.45) is 0 Å². The standard InChI is InChI=1S/C19H30N4O2/c1-4-8-22-9-11-23(12-10-22)14-19(25)20-13-18(24)21-17-7-5-6-15(2)16(17)3/h5-7H,4,8-14H2,1-3H3,(H,20,25)(H,21,24). The van der Waals surface area contributed by atoms with Crippen molar-refractivity contribution in [3.63, 3.8) is 0 Å². The average Bonchev–Trinajstić information content (AvgIpc) is 2.59. The van der Waals surface area contributed by atoms with E-state index in [0.29, 0.717) is 6.54 Å². The fraction of sp³-hybridized carbons (Fsp3) is 0.579. The van der Waals surface area contributed by atoms with E-state index in [2.05, 4.69) is 27.4 Å². The molecule has 0 bridgehead atoms. The smallest absolute Gasteiger partial charge is 0.243 e. The van der Waals surface area contributed by atoms with Gasteiger partial charge >= 0.3 is 0 Å². The van der Waals surface area contributed by atoms with Gasteiger partial charge in [0.25, 0.3) is 0 Å². The van der Waals surface area contributed by atoms with Crippen LogP contribution in [0.5, 0.6) is 0 Å². The van der Waals surface area contributed by atoms with Gasteiger partial charge in [-0.3, -0.25) is 14.5 Å². The van der Waals surface area contributed by atoms with E-state index in [1.807, 2.05) is 32.0 Å². The van der Waals surface area contributed by atoms with Crippen LogP contribution < -0.4 is 10.6 Å². The van der Waals surface area contributed by atoms with E-state index in [1.165, 1.54) is 0 Å². The minimum absolute atomic E-state index is 0.00200. The van der Waals surface area contributed by atoms with Crippen molar-refractivity contribution >= 4 is 17.5 Å². The molecular weight excluding hydrogens is 316 g/mol. The Kier molecular flexibility index (Phi) is 7.40. The molecule has 1 aromatic carbocycles. The molecule has 0 aromatic heterocycles. The van der Waals surface area contributed by atoms with E-state index in [4.69, 9.17) is 0 Å². The normalized spacial score (nSPS) is 15.8.